The van der Waals surface area contributed by atoms with E-state index in [1.807, 2.05) is 20.2 Å². The molecule has 0 amide bonds. The fourth-order valence-corrected chi connectivity index (χ4v) is 3.67. The van der Waals surface area contributed by atoms with Crippen molar-refractivity contribution in [2.45, 2.75) is 44.4 Å². The predicted molar refractivity (Wildman–Crippen MR) is 119 cm³/mol. The lowest BCUT2D eigenvalue weighted by molar-refractivity contribution is 0.297. The highest BCUT2D eigenvalue weighted by atomic mass is 127. The van der Waals surface area contributed by atoms with Crippen molar-refractivity contribution in [3.63, 3.8) is 0 Å². The summed E-state index contributed by atoms with van der Waals surface area (Å²) in [6.07, 6.45) is 6.15. The van der Waals surface area contributed by atoms with E-state index in [0.29, 0.717) is 0 Å². The lowest BCUT2D eigenvalue weighted by atomic mass is 9.69. The van der Waals surface area contributed by atoms with Gasteiger partial charge in [-0.3, -0.25) is 4.99 Å². The molecular weight excluding hydrogens is 441 g/mol. The molecule has 5 nitrogen and oxygen atoms in total. The van der Waals surface area contributed by atoms with Crippen LogP contribution in [0.5, 0.6) is 11.5 Å². The number of nitrogens with zero attached hydrogens (tertiary/aromatic N) is 2. The van der Waals surface area contributed by atoms with Crippen molar-refractivity contribution in [2.24, 2.45) is 4.99 Å². The Kier molecular flexibility index (Phi) is 9.54. The van der Waals surface area contributed by atoms with E-state index in [0.717, 1.165) is 30.5 Å². The second-order valence-electron chi connectivity index (χ2n) is 6.98. The largest absolute Gasteiger partial charge is 0.493 e. The summed E-state index contributed by atoms with van der Waals surface area (Å²) in [7, 11) is 7.44. The van der Waals surface area contributed by atoms with E-state index in [2.05, 4.69) is 29.3 Å². The molecular formula is C20H34IN3O2. The highest BCUT2D eigenvalue weighted by Crippen LogP contribution is 2.42. The number of rotatable bonds is 6. The topological polar surface area (TPSA) is 46.1 Å². The number of hydrogen-bond donors (Lipinski definition) is 1. The number of aliphatic imine (C=N–C) groups is 1. The second kappa shape index (κ2) is 10.8. The quantitative estimate of drug-likeness (QED) is 0.383. The Labute approximate surface area is 175 Å². The molecule has 1 saturated carbocycles. The first kappa shape index (κ1) is 22.9. The molecule has 1 N–H and O–H groups in total. The molecule has 0 radical (unpaired) electrons. The number of benzene rings is 1. The van der Waals surface area contributed by atoms with E-state index in [-0.39, 0.29) is 29.4 Å². The molecule has 0 unspecified atom stereocenters. The highest BCUT2D eigenvalue weighted by molar-refractivity contribution is 14.0. The van der Waals surface area contributed by atoms with Gasteiger partial charge in [0.1, 0.15) is 0 Å². The predicted octanol–water partition coefficient (Wildman–Crippen LogP) is 4.05. The zero-order valence-electron chi connectivity index (χ0n) is 16.8. The molecule has 0 spiro atoms. The number of guanidine groups is 1. The van der Waals surface area contributed by atoms with E-state index >= 15 is 0 Å². The first-order chi connectivity index (χ1) is 12.1. The first-order valence-corrected chi connectivity index (χ1v) is 9.24. The normalized spacial score (nSPS) is 16.4. The van der Waals surface area contributed by atoms with Gasteiger partial charge in [0.15, 0.2) is 17.5 Å². The zero-order chi connectivity index (χ0) is 18.3. The summed E-state index contributed by atoms with van der Waals surface area (Å²) in [4.78, 5) is 6.99. The van der Waals surface area contributed by atoms with Crippen LogP contribution in [0.3, 0.4) is 0 Å². The van der Waals surface area contributed by atoms with E-state index in [1.165, 1.54) is 37.7 Å². The number of ether oxygens (including phenoxy) is 2. The minimum Gasteiger partial charge on any atom is -0.493 e. The van der Waals surface area contributed by atoms with Crippen LogP contribution in [0.25, 0.3) is 0 Å². The third kappa shape index (κ3) is 5.41. The first-order valence-electron chi connectivity index (χ1n) is 9.24. The Bertz CT molecular complexity index is 584. The van der Waals surface area contributed by atoms with Crippen LogP contribution in [-0.2, 0) is 5.41 Å². The van der Waals surface area contributed by atoms with E-state index < -0.39 is 0 Å². The Morgan fingerprint density at radius 1 is 1.12 bits per heavy atom. The molecule has 1 aliphatic rings. The SMILES string of the molecule is CCNC(=NCC1(c2ccc(OC)c(OC)c2)CCCCC1)N(C)C.I. The third-order valence-electron chi connectivity index (χ3n) is 5.10. The molecule has 0 saturated heterocycles. The van der Waals surface area contributed by atoms with Gasteiger partial charge in [-0.1, -0.05) is 25.3 Å². The van der Waals surface area contributed by atoms with Gasteiger partial charge in [-0.25, -0.2) is 0 Å². The maximum Gasteiger partial charge on any atom is 0.193 e. The van der Waals surface area contributed by atoms with Crippen LogP contribution in [0.15, 0.2) is 23.2 Å². The standard InChI is InChI=1S/C20H33N3O2.HI/c1-6-21-19(23(2)3)22-15-20(12-8-7-9-13-20)16-10-11-17(24-4)18(14-16)25-5;/h10-11,14H,6-9,12-13,15H2,1-5H3,(H,21,22);1H. The average molecular weight is 475 g/mol. The zero-order valence-corrected chi connectivity index (χ0v) is 19.1. The minimum absolute atomic E-state index is 0. The second-order valence-corrected chi connectivity index (χ2v) is 6.98. The summed E-state index contributed by atoms with van der Waals surface area (Å²) in [6.45, 7) is 3.77. The van der Waals surface area contributed by atoms with Crippen molar-refractivity contribution in [3.8, 4) is 11.5 Å². The summed E-state index contributed by atoms with van der Waals surface area (Å²) in [6, 6.07) is 6.35. The van der Waals surface area contributed by atoms with Gasteiger partial charge in [0.05, 0.1) is 20.8 Å². The maximum atomic E-state index is 5.53. The van der Waals surface area contributed by atoms with Gasteiger partial charge in [0, 0.05) is 26.1 Å². The smallest absolute Gasteiger partial charge is 0.193 e. The molecule has 148 valence electrons. The van der Waals surface area contributed by atoms with Crippen molar-refractivity contribution in [3.05, 3.63) is 23.8 Å². The van der Waals surface area contributed by atoms with Crippen molar-refractivity contribution < 1.29 is 9.47 Å². The molecule has 1 aliphatic carbocycles. The Hall–Kier alpha value is -1.18. The van der Waals surface area contributed by atoms with Crippen LogP contribution >= 0.6 is 24.0 Å². The van der Waals surface area contributed by atoms with Gasteiger partial charge in [0.25, 0.3) is 0 Å². The number of halogens is 1. The lowest BCUT2D eigenvalue weighted by Crippen LogP contribution is -2.39. The molecule has 1 aromatic rings. The maximum absolute atomic E-state index is 5.53. The van der Waals surface area contributed by atoms with Crippen LogP contribution in [0.1, 0.15) is 44.6 Å². The van der Waals surface area contributed by atoms with Crippen molar-refractivity contribution in [1.82, 2.24) is 10.2 Å². The molecule has 0 aromatic heterocycles. The molecule has 0 atom stereocenters. The van der Waals surface area contributed by atoms with E-state index in [1.54, 1.807) is 14.2 Å². The molecule has 0 bridgehead atoms. The Morgan fingerprint density at radius 3 is 2.31 bits per heavy atom. The lowest BCUT2D eigenvalue weighted by Gasteiger charge is -2.37. The van der Waals surface area contributed by atoms with Gasteiger partial charge in [-0.15, -0.1) is 24.0 Å². The molecule has 1 fully saturated rings. The Morgan fingerprint density at radius 2 is 1.77 bits per heavy atom. The summed E-state index contributed by atoms with van der Waals surface area (Å²) >= 11 is 0. The molecule has 6 heteroatoms. The van der Waals surface area contributed by atoms with Crippen LogP contribution < -0.4 is 14.8 Å². The summed E-state index contributed by atoms with van der Waals surface area (Å²) < 4.78 is 10.9. The summed E-state index contributed by atoms with van der Waals surface area (Å²) in [5.41, 5.74) is 1.39. The molecule has 2 rings (SSSR count). The van der Waals surface area contributed by atoms with Crippen molar-refractivity contribution in [1.29, 1.82) is 0 Å². The number of hydrogen-bond acceptors (Lipinski definition) is 3. The summed E-state index contributed by atoms with van der Waals surface area (Å²) in [5.74, 6) is 2.53. The van der Waals surface area contributed by atoms with Crippen molar-refractivity contribution in [2.75, 3.05) is 41.4 Å². The van der Waals surface area contributed by atoms with E-state index in [4.69, 9.17) is 14.5 Å². The molecule has 0 heterocycles. The van der Waals surface area contributed by atoms with Crippen molar-refractivity contribution >= 4 is 29.9 Å². The average Bonchev–Trinajstić information content (AvgIpc) is 2.65. The third-order valence-corrected chi connectivity index (χ3v) is 5.10. The fourth-order valence-electron chi connectivity index (χ4n) is 3.67. The minimum atomic E-state index is 0. The van der Waals surface area contributed by atoms with Crippen LogP contribution in [-0.4, -0.2) is 52.3 Å². The van der Waals surface area contributed by atoms with Crippen LogP contribution in [0.4, 0.5) is 0 Å². The molecule has 26 heavy (non-hydrogen) atoms. The number of methoxy groups -OCH3 is 2. The molecule has 1 aromatic carbocycles. The summed E-state index contributed by atoms with van der Waals surface area (Å²) in [5, 5.41) is 3.36. The monoisotopic (exact) mass is 475 g/mol. The van der Waals surface area contributed by atoms with Gasteiger partial charge >= 0.3 is 0 Å². The van der Waals surface area contributed by atoms with E-state index in [9.17, 15) is 0 Å². The van der Waals surface area contributed by atoms with Crippen LogP contribution in [0, 0.1) is 0 Å². The van der Waals surface area contributed by atoms with Gasteiger partial charge in [0.2, 0.25) is 0 Å². The van der Waals surface area contributed by atoms with Gasteiger partial charge < -0.3 is 19.7 Å². The van der Waals surface area contributed by atoms with Crippen LogP contribution in [0.2, 0.25) is 0 Å². The number of nitrogens with one attached hydrogen (secondary N) is 1. The fraction of sp³-hybridized carbons (Fsp3) is 0.650. The van der Waals surface area contributed by atoms with Gasteiger partial charge in [-0.2, -0.15) is 0 Å². The Balaban J connectivity index is 0.00000338. The van der Waals surface area contributed by atoms with Gasteiger partial charge in [-0.05, 0) is 37.5 Å². The molecule has 0 aliphatic heterocycles. The highest BCUT2D eigenvalue weighted by Gasteiger charge is 2.34.